The van der Waals surface area contributed by atoms with Crippen LogP contribution in [-0.2, 0) is 14.8 Å². The van der Waals surface area contributed by atoms with Gasteiger partial charge in [-0.3, -0.25) is 0 Å². The molecule has 0 saturated carbocycles. The lowest BCUT2D eigenvalue weighted by Gasteiger charge is -2.07. The Morgan fingerprint density at radius 1 is 1.39 bits per heavy atom. The molecule has 0 aromatic heterocycles. The average Bonchev–Trinajstić information content (AvgIpc) is 2.27. The van der Waals surface area contributed by atoms with Crippen molar-refractivity contribution in [2.75, 3.05) is 25.1 Å². The molecule has 0 amide bonds. The fourth-order valence-electron chi connectivity index (χ4n) is 1.28. The van der Waals surface area contributed by atoms with Gasteiger partial charge in [-0.1, -0.05) is 12.2 Å². The first kappa shape index (κ1) is 14.7. The van der Waals surface area contributed by atoms with E-state index in [9.17, 15) is 8.42 Å². The van der Waals surface area contributed by atoms with Crippen LogP contribution in [0.2, 0.25) is 0 Å². The van der Waals surface area contributed by atoms with Crippen LogP contribution in [0.5, 0.6) is 0 Å². The number of hydrogen-bond acceptors (Lipinski definition) is 4. The topological polar surface area (TPSA) is 81.4 Å². The third kappa shape index (κ3) is 5.31. The van der Waals surface area contributed by atoms with Crippen LogP contribution in [0.4, 0.5) is 5.69 Å². The molecule has 0 unspecified atom stereocenters. The Morgan fingerprint density at radius 3 is 2.50 bits per heavy atom. The van der Waals surface area contributed by atoms with E-state index in [1.54, 1.807) is 12.1 Å². The maximum Gasteiger partial charge on any atom is 0.238 e. The lowest BCUT2D eigenvalue weighted by molar-refractivity contribution is 0.167. The molecule has 0 aliphatic rings. The smallest absolute Gasteiger partial charge is 0.238 e. The van der Waals surface area contributed by atoms with Gasteiger partial charge >= 0.3 is 0 Å². The second-order valence-electron chi connectivity index (χ2n) is 4.01. The quantitative estimate of drug-likeness (QED) is 0.578. The summed E-state index contributed by atoms with van der Waals surface area (Å²) in [5.41, 5.74) is 1.80. The monoisotopic (exact) mass is 270 g/mol. The second-order valence-corrected chi connectivity index (χ2v) is 5.57. The molecule has 0 heterocycles. The molecule has 0 bridgehead atoms. The van der Waals surface area contributed by atoms with Gasteiger partial charge in [-0.25, -0.2) is 13.6 Å². The number of nitrogens with two attached hydrogens (primary N) is 1. The van der Waals surface area contributed by atoms with Crippen LogP contribution in [0, 0.1) is 0 Å². The molecule has 0 atom stereocenters. The summed E-state index contributed by atoms with van der Waals surface area (Å²) in [6.45, 7) is 7.38. The van der Waals surface area contributed by atoms with Crippen LogP contribution in [-0.4, -0.2) is 28.2 Å². The van der Waals surface area contributed by atoms with Gasteiger partial charge in [0.25, 0.3) is 0 Å². The summed E-state index contributed by atoms with van der Waals surface area (Å²) in [7, 11) is -3.62. The first-order valence-electron chi connectivity index (χ1n) is 5.48. The molecule has 0 aliphatic carbocycles. The number of nitrogens with one attached hydrogen (secondary N) is 1. The van der Waals surface area contributed by atoms with E-state index in [1.807, 2.05) is 6.92 Å². The van der Waals surface area contributed by atoms with Crippen molar-refractivity contribution in [2.24, 2.45) is 5.14 Å². The highest BCUT2D eigenvalue weighted by atomic mass is 32.2. The summed E-state index contributed by atoms with van der Waals surface area (Å²) in [6, 6.07) is 6.26. The van der Waals surface area contributed by atoms with Crippen LogP contribution in [0.3, 0.4) is 0 Å². The van der Waals surface area contributed by atoms with Crippen LogP contribution in [0.15, 0.2) is 41.3 Å². The largest absolute Gasteiger partial charge is 0.383 e. The molecule has 0 fully saturated rings. The molecule has 3 N–H and O–H groups in total. The van der Waals surface area contributed by atoms with Crippen LogP contribution < -0.4 is 10.5 Å². The Morgan fingerprint density at radius 2 is 2.00 bits per heavy atom. The molecule has 0 aliphatic heterocycles. The highest BCUT2D eigenvalue weighted by Crippen LogP contribution is 2.12. The Hall–Kier alpha value is -1.37. The van der Waals surface area contributed by atoms with Crippen LogP contribution in [0.1, 0.15) is 6.92 Å². The molecule has 6 heteroatoms. The van der Waals surface area contributed by atoms with Gasteiger partial charge in [0.1, 0.15) is 0 Å². The molecular formula is C12H18N2O3S. The van der Waals surface area contributed by atoms with Gasteiger partial charge in [0.05, 0.1) is 18.1 Å². The Labute approximate surface area is 108 Å². The van der Waals surface area contributed by atoms with Crippen molar-refractivity contribution in [3.8, 4) is 0 Å². The minimum Gasteiger partial charge on any atom is -0.383 e. The number of hydrogen-bond donors (Lipinski definition) is 2. The van der Waals surface area contributed by atoms with Gasteiger partial charge in [0.2, 0.25) is 10.0 Å². The van der Waals surface area contributed by atoms with E-state index in [-0.39, 0.29) is 4.90 Å². The number of rotatable bonds is 7. The summed E-state index contributed by atoms with van der Waals surface area (Å²) < 4.78 is 27.4. The number of benzene rings is 1. The van der Waals surface area contributed by atoms with Crippen molar-refractivity contribution in [2.45, 2.75) is 11.8 Å². The van der Waals surface area contributed by atoms with Crippen molar-refractivity contribution in [3.05, 3.63) is 36.4 Å². The van der Waals surface area contributed by atoms with Crippen molar-refractivity contribution in [1.82, 2.24) is 0 Å². The number of primary sulfonamides is 1. The Balaban J connectivity index is 2.38. The normalized spacial score (nSPS) is 11.2. The molecule has 0 saturated heterocycles. The summed E-state index contributed by atoms with van der Waals surface area (Å²) in [6.07, 6.45) is 0. The van der Waals surface area contributed by atoms with Crippen molar-refractivity contribution < 1.29 is 13.2 Å². The van der Waals surface area contributed by atoms with Crippen molar-refractivity contribution in [1.29, 1.82) is 0 Å². The maximum atomic E-state index is 11.0. The molecule has 5 nitrogen and oxygen atoms in total. The standard InChI is InChI=1S/C12H18N2O3S/c1-10(2)9-17-8-7-14-11-3-5-12(6-4-11)18(13,15)16/h3-6,14H,1,7-9H2,2H3,(H2,13,15,16). The first-order chi connectivity index (χ1) is 8.39. The predicted octanol–water partition coefficient (Wildman–Crippen LogP) is 1.34. The fourth-order valence-corrected chi connectivity index (χ4v) is 1.79. The van der Waals surface area contributed by atoms with E-state index in [4.69, 9.17) is 9.88 Å². The number of anilines is 1. The first-order valence-corrected chi connectivity index (χ1v) is 7.03. The predicted molar refractivity (Wildman–Crippen MR) is 71.9 cm³/mol. The average molecular weight is 270 g/mol. The summed E-state index contributed by atoms with van der Waals surface area (Å²) in [5, 5.41) is 8.11. The SMILES string of the molecule is C=C(C)COCCNc1ccc(S(N)(=O)=O)cc1. The molecule has 0 radical (unpaired) electrons. The van der Waals surface area contributed by atoms with E-state index in [0.717, 1.165) is 11.3 Å². The van der Waals surface area contributed by atoms with E-state index >= 15 is 0 Å². The van der Waals surface area contributed by atoms with E-state index in [1.165, 1.54) is 12.1 Å². The summed E-state index contributed by atoms with van der Waals surface area (Å²) in [5.74, 6) is 0. The number of sulfonamides is 1. The third-order valence-electron chi connectivity index (χ3n) is 2.11. The highest BCUT2D eigenvalue weighted by molar-refractivity contribution is 7.89. The zero-order valence-corrected chi connectivity index (χ0v) is 11.2. The van der Waals surface area contributed by atoms with Gasteiger partial charge in [-0.15, -0.1) is 0 Å². The molecular weight excluding hydrogens is 252 g/mol. The van der Waals surface area contributed by atoms with Crippen molar-refractivity contribution >= 4 is 15.7 Å². The van der Waals surface area contributed by atoms with Gasteiger partial charge in [-0.05, 0) is 31.2 Å². The fraction of sp³-hybridized carbons (Fsp3) is 0.333. The van der Waals surface area contributed by atoms with Gasteiger partial charge in [-0.2, -0.15) is 0 Å². The molecule has 100 valence electrons. The maximum absolute atomic E-state index is 11.0. The molecule has 1 aromatic carbocycles. The minimum atomic E-state index is -3.62. The lowest BCUT2D eigenvalue weighted by Crippen LogP contribution is -2.13. The minimum absolute atomic E-state index is 0.103. The molecule has 1 rings (SSSR count). The van der Waals surface area contributed by atoms with E-state index in [2.05, 4.69) is 11.9 Å². The molecule has 18 heavy (non-hydrogen) atoms. The second kappa shape index (κ2) is 6.53. The summed E-state index contributed by atoms with van der Waals surface area (Å²) in [4.78, 5) is 0.103. The Bertz CT molecular complexity index is 495. The van der Waals surface area contributed by atoms with E-state index in [0.29, 0.717) is 19.8 Å². The van der Waals surface area contributed by atoms with Gasteiger partial charge < -0.3 is 10.1 Å². The van der Waals surface area contributed by atoms with Gasteiger partial charge in [0, 0.05) is 12.2 Å². The van der Waals surface area contributed by atoms with Crippen LogP contribution in [0.25, 0.3) is 0 Å². The highest BCUT2D eigenvalue weighted by Gasteiger charge is 2.06. The Kier molecular flexibility index (Phi) is 5.33. The van der Waals surface area contributed by atoms with Crippen LogP contribution >= 0.6 is 0 Å². The summed E-state index contributed by atoms with van der Waals surface area (Å²) >= 11 is 0. The molecule has 0 spiro atoms. The third-order valence-corrected chi connectivity index (χ3v) is 3.04. The van der Waals surface area contributed by atoms with E-state index < -0.39 is 10.0 Å². The van der Waals surface area contributed by atoms with Gasteiger partial charge in [0.15, 0.2) is 0 Å². The van der Waals surface area contributed by atoms with Crippen molar-refractivity contribution in [3.63, 3.8) is 0 Å². The molecule has 1 aromatic rings. The zero-order chi connectivity index (χ0) is 13.6. The lowest BCUT2D eigenvalue weighted by atomic mass is 10.3. The zero-order valence-electron chi connectivity index (χ0n) is 10.3. The number of ether oxygens (including phenoxy) is 1.